The van der Waals surface area contributed by atoms with Gasteiger partial charge in [-0.2, -0.15) is 9.65 Å². The molecule has 1 heterocycles. The zero-order chi connectivity index (χ0) is 9.14. The Kier molecular flexibility index (Phi) is 2.36. The van der Waals surface area contributed by atoms with E-state index in [-0.39, 0.29) is 11.1 Å². The van der Waals surface area contributed by atoms with Crippen molar-refractivity contribution in [3.8, 4) is 6.07 Å². The summed E-state index contributed by atoms with van der Waals surface area (Å²) in [6.07, 6.45) is 1.03. The second kappa shape index (κ2) is 3.28. The van der Waals surface area contributed by atoms with Crippen molar-refractivity contribution < 1.29 is 9.18 Å². The molecule has 0 atom stereocenters. The second-order valence-electron chi connectivity index (χ2n) is 1.95. The van der Waals surface area contributed by atoms with Crippen LogP contribution in [0.5, 0.6) is 0 Å². The quantitative estimate of drug-likeness (QED) is 0.491. The van der Waals surface area contributed by atoms with Gasteiger partial charge in [0.1, 0.15) is 6.07 Å². The van der Waals surface area contributed by atoms with Crippen molar-refractivity contribution in [2.24, 2.45) is 0 Å². The van der Waals surface area contributed by atoms with Gasteiger partial charge in [0.05, 0.1) is 11.1 Å². The Morgan fingerprint density at radius 3 is 2.92 bits per heavy atom. The lowest BCUT2D eigenvalue weighted by molar-refractivity contribution is 0.107. The molecule has 60 valence electrons. The van der Waals surface area contributed by atoms with E-state index in [0.29, 0.717) is 0 Å². The lowest BCUT2D eigenvalue weighted by atomic mass is 10.2. The third-order valence-corrected chi connectivity index (χ3v) is 1.38. The van der Waals surface area contributed by atoms with E-state index < -0.39 is 11.2 Å². The average molecular weight is 185 g/mol. The number of pyridine rings is 1. The molecule has 3 nitrogen and oxygen atoms in total. The van der Waals surface area contributed by atoms with Gasteiger partial charge in [0, 0.05) is 6.20 Å². The van der Waals surface area contributed by atoms with Crippen LogP contribution in [0.2, 0.25) is 0 Å². The fourth-order valence-corrected chi connectivity index (χ4v) is 0.780. The first-order valence-corrected chi connectivity index (χ1v) is 3.28. The third kappa shape index (κ3) is 1.57. The third-order valence-electron chi connectivity index (χ3n) is 1.18. The predicted molar refractivity (Wildman–Crippen MR) is 39.1 cm³/mol. The zero-order valence-corrected chi connectivity index (χ0v) is 6.47. The SMILES string of the molecule is N#Cc1cnc(F)c(C(=O)Cl)c1. The van der Waals surface area contributed by atoms with Crippen LogP contribution in [-0.4, -0.2) is 10.2 Å². The maximum absolute atomic E-state index is 12.6. The van der Waals surface area contributed by atoms with Crippen LogP contribution in [0, 0.1) is 17.3 Å². The number of hydrogen-bond donors (Lipinski definition) is 0. The van der Waals surface area contributed by atoms with Crippen LogP contribution >= 0.6 is 11.6 Å². The largest absolute Gasteiger partial charge is 0.275 e. The van der Waals surface area contributed by atoms with Crippen molar-refractivity contribution in [1.29, 1.82) is 5.26 Å². The molecule has 1 rings (SSSR count). The molecule has 0 aliphatic heterocycles. The number of halogens is 2. The van der Waals surface area contributed by atoms with Crippen molar-refractivity contribution in [2.75, 3.05) is 0 Å². The molecule has 1 aromatic heterocycles. The zero-order valence-electron chi connectivity index (χ0n) is 5.71. The summed E-state index contributed by atoms with van der Waals surface area (Å²) in [5.74, 6) is -0.964. The fourth-order valence-electron chi connectivity index (χ4n) is 0.647. The Morgan fingerprint density at radius 1 is 1.75 bits per heavy atom. The van der Waals surface area contributed by atoms with Crippen molar-refractivity contribution in [3.63, 3.8) is 0 Å². The van der Waals surface area contributed by atoms with Gasteiger partial charge in [-0.3, -0.25) is 4.79 Å². The summed E-state index contributed by atoms with van der Waals surface area (Å²) in [5, 5.41) is 7.41. The minimum Gasteiger partial charge on any atom is -0.275 e. The van der Waals surface area contributed by atoms with Crippen LogP contribution in [0.1, 0.15) is 15.9 Å². The summed E-state index contributed by atoms with van der Waals surface area (Å²) in [6.45, 7) is 0. The summed E-state index contributed by atoms with van der Waals surface area (Å²) in [6, 6.07) is 2.76. The van der Waals surface area contributed by atoms with Gasteiger partial charge in [0.2, 0.25) is 5.95 Å². The van der Waals surface area contributed by atoms with Crippen LogP contribution in [0.3, 0.4) is 0 Å². The molecule has 0 spiro atoms. The first kappa shape index (κ1) is 8.62. The summed E-state index contributed by atoms with van der Waals surface area (Å²) in [5.41, 5.74) is -0.281. The highest BCUT2D eigenvalue weighted by atomic mass is 35.5. The van der Waals surface area contributed by atoms with Crippen molar-refractivity contribution in [2.45, 2.75) is 0 Å². The maximum Gasteiger partial charge on any atom is 0.257 e. The van der Waals surface area contributed by atoms with Crippen LogP contribution in [0.25, 0.3) is 0 Å². The highest BCUT2D eigenvalue weighted by Gasteiger charge is 2.10. The number of rotatable bonds is 1. The molecule has 0 radical (unpaired) electrons. The number of hydrogen-bond acceptors (Lipinski definition) is 3. The molecule has 0 aromatic carbocycles. The molecule has 0 bridgehead atoms. The number of nitriles is 1. The number of nitrogens with zero attached hydrogens (tertiary/aromatic N) is 2. The minimum absolute atomic E-state index is 0.0976. The summed E-state index contributed by atoms with van der Waals surface area (Å²) >= 11 is 5.01. The van der Waals surface area contributed by atoms with E-state index in [1.807, 2.05) is 0 Å². The van der Waals surface area contributed by atoms with E-state index in [2.05, 4.69) is 4.98 Å². The first-order valence-electron chi connectivity index (χ1n) is 2.90. The minimum atomic E-state index is -0.964. The highest BCUT2D eigenvalue weighted by molar-refractivity contribution is 6.67. The molecular weight excluding hydrogens is 183 g/mol. The normalized spacial score (nSPS) is 9.08. The lowest BCUT2D eigenvalue weighted by Gasteiger charge is -1.94. The van der Waals surface area contributed by atoms with Crippen molar-refractivity contribution in [3.05, 3.63) is 29.3 Å². The highest BCUT2D eigenvalue weighted by Crippen LogP contribution is 2.09. The van der Waals surface area contributed by atoms with E-state index in [1.165, 1.54) is 0 Å². The first-order chi connectivity index (χ1) is 5.65. The van der Waals surface area contributed by atoms with Gasteiger partial charge < -0.3 is 0 Å². The number of carbonyl (C=O) groups excluding carboxylic acids is 1. The monoisotopic (exact) mass is 184 g/mol. The predicted octanol–water partition coefficient (Wildman–Crippen LogP) is 1.47. The van der Waals surface area contributed by atoms with Crippen LogP contribution < -0.4 is 0 Å². The molecule has 0 fully saturated rings. The van der Waals surface area contributed by atoms with E-state index in [1.54, 1.807) is 6.07 Å². The summed E-state index contributed by atoms with van der Waals surface area (Å²) in [4.78, 5) is 13.7. The Hall–Kier alpha value is -1.47. The molecule has 0 unspecified atom stereocenters. The van der Waals surface area contributed by atoms with Crippen LogP contribution in [0.15, 0.2) is 12.3 Å². The second-order valence-corrected chi connectivity index (χ2v) is 2.29. The van der Waals surface area contributed by atoms with Crippen LogP contribution in [0.4, 0.5) is 4.39 Å². The Balaban J connectivity index is 3.28. The Labute approximate surface area is 72.4 Å². The van der Waals surface area contributed by atoms with Gasteiger partial charge in [-0.05, 0) is 17.7 Å². The van der Waals surface area contributed by atoms with Crippen molar-refractivity contribution >= 4 is 16.8 Å². The van der Waals surface area contributed by atoms with Gasteiger partial charge in [-0.15, -0.1) is 0 Å². The topological polar surface area (TPSA) is 53.8 Å². The molecule has 0 aliphatic rings. The van der Waals surface area contributed by atoms with E-state index in [9.17, 15) is 9.18 Å². The molecular formula is C7H2ClFN2O. The summed E-state index contributed by atoms with van der Waals surface area (Å²) in [7, 11) is 0. The molecule has 1 aromatic rings. The number of carbonyl (C=O) groups is 1. The van der Waals surface area contributed by atoms with Gasteiger partial charge in [0.25, 0.3) is 5.24 Å². The lowest BCUT2D eigenvalue weighted by Crippen LogP contribution is -1.98. The van der Waals surface area contributed by atoms with Gasteiger partial charge in [0.15, 0.2) is 0 Å². The van der Waals surface area contributed by atoms with Crippen LogP contribution in [-0.2, 0) is 0 Å². The molecule has 0 saturated heterocycles. The van der Waals surface area contributed by atoms with E-state index in [0.717, 1.165) is 12.3 Å². The fraction of sp³-hybridized carbons (Fsp3) is 0. The Bertz CT molecular complexity index is 372. The molecule has 0 amide bonds. The molecule has 0 saturated carbocycles. The van der Waals surface area contributed by atoms with Gasteiger partial charge >= 0.3 is 0 Å². The van der Waals surface area contributed by atoms with Gasteiger partial charge in [-0.1, -0.05) is 0 Å². The molecule has 0 N–H and O–H groups in total. The Morgan fingerprint density at radius 2 is 2.42 bits per heavy atom. The van der Waals surface area contributed by atoms with Gasteiger partial charge in [-0.25, -0.2) is 4.98 Å². The number of aromatic nitrogens is 1. The van der Waals surface area contributed by atoms with E-state index >= 15 is 0 Å². The van der Waals surface area contributed by atoms with Crippen molar-refractivity contribution in [1.82, 2.24) is 4.98 Å². The maximum atomic E-state index is 12.6. The standard InChI is InChI=1S/C7H2ClFN2O/c8-6(12)5-1-4(2-10)3-11-7(5)9/h1,3H. The summed E-state index contributed by atoms with van der Waals surface area (Å²) < 4.78 is 12.6. The smallest absolute Gasteiger partial charge is 0.257 e. The molecule has 12 heavy (non-hydrogen) atoms. The molecule has 5 heteroatoms. The molecule has 0 aliphatic carbocycles. The average Bonchev–Trinajstić information content (AvgIpc) is 2.05. The van der Waals surface area contributed by atoms with E-state index in [4.69, 9.17) is 16.9 Å².